The van der Waals surface area contributed by atoms with Gasteiger partial charge in [-0.2, -0.15) is 0 Å². The second-order valence-corrected chi connectivity index (χ2v) is 6.23. The van der Waals surface area contributed by atoms with Gasteiger partial charge in [0.25, 0.3) is 5.91 Å². The molecule has 1 aliphatic rings. The number of esters is 1. The van der Waals surface area contributed by atoms with Crippen LogP contribution in [0.1, 0.15) is 27.6 Å². The molecule has 0 aliphatic carbocycles. The number of rotatable bonds is 6. The SMILES string of the molecule is CCOc1ccc(C(=O)Nc2cc(C(=O)OC)ccc2N2CCOCC2)cc1. The normalized spacial score (nSPS) is 13.7. The topological polar surface area (TPSA) is 77.1 Å². The Morgan fingerprint density at radius 2 is 1.75 bits per heavy atom. The van der Waals surface area contributed by atoms with E-state index in [2.05, 4.69) is 10.2 Å². The number of nitrogens with one attached hydrogen (secondary N) is 1. The maximum Gasteiger partial charge on any atom is 0.337 e. The summed E-state index contributed by atoms with van der Waals surface area (Å²) >= 11 is 0. The van der Waals surface area contributed by atoms with Crippen LogP contribution in [-0.2, 0) is 9.47 Å². The van der Waals surface area contributed by atoms with Crippen LogP contribution in [0.15, 0.2) is 42.5 Å². The molecule has 7 nitrogen and oxygen atoms in total. The molecule has 0 unspecified atom stereocenters. The summed E-state index contributed by atoms with van der Waals surface area (Å²) in [6.07, 6.45) is 0. The lowest BCUT2D eigenvalue weighted by Crippen LogP contribution is -2.36. The molecule has 0 saturated carbocycles. The van der Waals surface area contributed by atoms with Crippen LogP contribution < -0.4 is 15.0 Å². The third-order valence-corrected chi connectivity index (χ3v) is 4.45. The molecule has 2 aromatic carbocycles. The molecule has 0 spiro atoms. The van der Waals surface area contributed by atoms with Gasteiger partial charge >= 0.3 is 5.97 Å². The zero-order valence-corrected chi connectivity index (χ0v) is 16.1. The fraction of sp³-hybridized carbons (Fsp3) is 0.333. The molecule has 1 N–H and O–H groups in total. The van der Waals surface area contributed by atoms with Crippen LogP contribution >= 0.6 is 0 Å². The number of anilines is 2. The van der Waals surface area contributed by atoms with E-state index in [-0.39, 0.29) is 5.91 Å². The predicted octanol–water partition coefficient (Wildman–Crippen LogP) is 2.96. The quantitative estimate of drug-likeness (QED) is 0.772. The molecular weight excluding hydrogens is 360 g/mol. The average Bonchev–Trinajstić information content (AvgIpc) is 2.74. The highest BCUT2D eigenvalue weighted by Gasteiger charge is 2.19. The first-order valence-electron chi connectivity index (χ1n) is 9.21. The van der Waals surface area contributed by atoms with E-state index in [0.29, 0.717) is 55.5 Å². The third kappa shape index (κ3) is 4.61. The second-order valence-electron chi connectivity index (χ2n) is 6.23. The van der Waals surface area contributed by atoms with Gasteiger partial charge in [0.1, 0.15) is 5.75 Å². The van der Waals surface area contributed by atoms with Crippen molar-refractivity contribution in [1.29, 1.82) is 0 Å². The van der Waals surface area contributed by atoms with Crippen LogP contribution in [0.3, 0.4) is 0 Å². The lowest BCUT2D eigenvalue weighted by atomic mass is 10.1. The molecule has 2 aromatic rings. The monoisotopic (exact) mass is 384 g/mol. The van der Waals surface area contributed by atoms with Gasteiger partial charge in [-0.15, -0.1) is 0 Å². The molecule has 0 radical (unpaired) electrons. The van der Waals surface area contributed by atoms with E-state index in [1.54, 1.807) is 36.4 Å². The molecule has 0 aromatic heterocycles. The number of methoxy groups -OCH3 is 1. The first-order chi connectivity index (χ1) is 13.6. The summed E-state index contributed by atoms with van der Waals surface area (Å²) in [5.41, 5.74) is 2.28. The van der Waals surface area contributed by atoms with Crippen molar-refractivity contribution in [2.24, 2.45) is 0 Å². The Labute approximate surface area is 164 Å². The molecule has 1 amide bonds. The highest BCUT2D eigenvalue weighted by atomic mass is 16.5. The van der Waals surface area contributed by atoms with Gasteiger partial charge < -0.3 is 24.4 Å². The third-order valence-electron chi connectivity index (χ3n) is 4.45. The molecule has 1 fully saturated rings. The van der Waals surface area contributed by atoms with Crippen molar-refractivity contribution in [1.82, 2.24) is 0 Å². The van der Waals surface area contributed by atoms with Gasteiger partial charge in [0.2, 0.25) is 0 Å². The zero-order valence-electron chi connectivity index (χ0n) is 16.1. The van der Waals surface area contributed by atoms with Gasteiger partial charge in [-0.05, 0) is 49.4 Å². The second kappa shape index (κ2) is 9.23. The number of ether oxygens (including phenoxy) is 3. The molecule has 1 aliphatic heterocycles. The fourth-order valence-electron chi connectivity index (χ4n) is 3.02. The molecule has 0 atom stereocenters. The van der Waals surface area contributed by atoms with Crippen LogP contribution in [0.2, 0.25) is 0 Å². The molecule has 3 rings (SSSR count). The smallest absolute Gasteiger partial charge is 0.337 e. The first-order valence-corrected chi connectivity index (χ1v) is 9.21. The predicted molar refractivity (Wildman–Crippen MR) is 106 cm³/mol. The summed E-state index contributed by atoms with van der Waals surface area (Å²) in [6, 6.07) is 12.1. The molecule has 1 saturated heterocycles. The van der Waals surface area contributed by atoms with Gasteiger partial charge in [-0.3, -0.25) is 4.79 Å². The zero-order chi connectivity index (χ0) is 19.9. The van der Waals surface area contributed by atoms with Gasteiger partial charge in [0.15, 0.2) is 0 Å². The van der Waals surface area contributed by atoms with Gasteiger partial charge in [0.05, 0.1) is 43.9 Å². The fourth-order valence-corrected chi connectivity index (χ4v) is 3.02. The van der Waals surface area contributed by atoms with Crippen LogP contribution in [0.25, 0.3) is 0 Å². The minimum Gasteiger partial charge on any atom is -0.494 e. The number of nitrogens with zero attached hydrogens (tertiary/aromatic N) is 1. The number of amides is 1. The summed E-state index contributed by atoms with van der Waals surface area (Å²) in [6.45, 7) is 5.12. The maximum atomic E-state index is 12.8. The molecule has 28 heavy (non-hydrogen) atoms. The number of hydrogen-bond acceptors (Lipinski definition) is 6. The molecule has 0 bridgehead atoms. The summed E-state index contributed by atoms with van der Waals surface area (Å²) in [5, 5.41) is 2.92. The minimum atomic E-state index is -0.454. The number of hydrogen-bond donors (Lipinski definition) is 1. The van der Waals surface area contributed by atoms with E-state index in [9.17, 15) is 9.59 Å². The van der Waals surface area contributed by atoms with Crippen molar-refractivity contribution >= 4 is 23.3 Å². The van der Waals surface area contributed by atoms with Crippen molar-refractivity contribution in [3.8, 4) is 5.75 Å². The van der Waals surface area contributed by atoms with E-state index < -0.39 is 5.97 Å². The standard InChI is InChI=1S/C21H24N2O5/c1-3-28-17-7-4-15(5-8-17)20(24)22-18-14-16(21(25)26-2)6-9-19(18)23-10-12-27-13-11-23/h4-9,14H,3,10-13H2,1-2H3,(H,22,24). The van der Waals surface area contributed by atoms with Gasteiger partial charge in [-0.25, -0.2) is 4.79 Å². The number of carbonyl (C=O) groups is 2. The largest absolute Gasteiger partial charge is 0.494 e. The first kappa shape index (κ1) is 19.7. The summed E-state index contributed by atoms with van der Waals surface area (Å²) in [5.74, 6) is -0.00888. The molecule has 7 heteroatoms. The van der Waals surface area contributed by atoms with Crippen molar-refractivity contribution in [2.45, 2.75) is 6.92 Å². The number of benzene rings is 2. The Balaban J connectivity index is 1.86. The highest BCUT2D eigenvalue weighted by Crippen LogP contribution is 2.29. The van der Waals surface area contributed by atoms with Crippen molar-refractivity contribution in [3.63, 3.8) is 0 Å². The van der Waals surface area contributed by atoms with Crippen LogP contribution in [-0.4, -0.2) is 51.9 Å². The number of morpholine rings is 1. The van der Waals surface area contributed by atoms with E-state index in [1.807, 2.05) is 13.0 Å². The summed E-state index contributed by atoms with van der Waals surface area (Å²) in [4.78, 5) is 26.8. The molecular formula is C21H24N2O5. The summed E-state index contributed by atoms with van der Waals surface area (Å²) < 4.78 is 15.6. The minimum absolute atomic E-state index is 0.264. The Kier molecular flexibility index (Phi) is 6.49. The average molecular weight is 384 g/mol. The molecule has 1 heterocycles. The maximum absolute atomic E-state index is 12.8. The Morgan fingerprint density at radius 3 is 2.39 bits per heavy atom. The summed E-state index contributed by atoms with van der Waals surface area (Å²) in [7, 11) is 1.33. The Bertz CT molecular complexity index is 829. The highest BCUT2D eigenvalue weighted by molar-refractivity contribution is 6.07. The van der Waals surface area contributed by atoms with Crippen LogP contribution in [0, 0.1) is 0 Å². The lowest BCUT2D eigenvalue weighted by molar-refractivity contribution is 0.0600. The van der Waals surface area contributed by atoms with Crippen molar-refractivity contribution < 1.29 is 23.8 Å². The van der Waals surface area contributed by atoms with Gasteiger partial charge in [0, 0.05) is 18.7 Å². The lowest BCUT2D eigenvalue weighted by Gasteiger charge is -2.30. The Morgan fingerprint density at radius 1 is 1.07 bits per heavy atom. The van der Waals surface area contributed by atoms with E-state index >= 15 is 0 Å². The Hall–Kier alpha value is -3.06. The van der Waals surface area contributed by atoms with E-state index in [0.717, 1.165) is 5.69 Å². The number of carbonyl (C=O) groups excluding carboxylic acids is 2. The van der Waals surface area contributed by atoms with Crippen molar-refractivity contribution in [3.05, 3.63) is 53.6 Å². The van der Waals surface area contributed by atoms with E-state index in [1.165, 1.54) is 7.11 Å². The van der Waals surface area contributed by atoms with Crippen LogP contribution in [0.4, 0.5) is 11.4 Å². The molecule has 148 valence electrons. The van der Waals surface area contributed by atoms with Gasteiger partial charge in [-0.1, -0.05) is 0 Å². The van der Waals surface area contributed by atoms with E-state index in [4.69, 9.17) is 14.2 Å². The van der Waals surface area contributed by atoms with Crippen molar-refractivity contribution in [2.75, 3.05) is 50.2 Å². The van der Waals surface area contributed by atoms with Crippen LogP contribution in [0.5, 0.6) is 5.75 Å².